The lowest BCUT2D eigenvalue weighted by atomic mass is 9.98. The maximum atomic E-state index is 12.7. The van der Waals surface area contributed by atoms with Gasteiger partial charge in [0.25, 0.3) is 5.69 Å². The smallest absolute Gasteiger partial charge is 0.271 e. The van der Waals surface area contributed by atoms with Crippen LogP contribution in [0.4, 0.5) is 11.4 Å². The molecule has 0 saturated carbocycles. The standard InChI is InChI=1S/C19H16ClN3O3S2/c20-14-10-12(23(25)26)3-4-15(14)21-18(24)11-22-7-5-16-13(6-9-28-16)19(22)17-2-1-8-27-17/h1-4,6,8-10,19H,5,7,11H2,(H,21,24). The van der Waals surface area contributed by atoms with E-state index in [4.69, 9.17) is 11.6 Å². The summed E-state index contributed by atoms with van der Waals surface area (Å²) in [6.45, 7) is 1.00. The fraction of sp³-hybridized carbons (Fsp3) is 0.211. The van der Waals surface area contributed by atoms with Gasteiger partial charge in [0.1, 0.15) is 0 Å². The van der Waals surface area contributed by atoms with Crippen LogP contribution in [0.1, 0.15) is 21.4 Å². The summed E-state index contributed by atoms with van der Waals surface area (Å²) in [5.41, 5.74) is 1.53. The number of benzene rings is 1. The van der Waals surface area contributed by atoms with Crippen molar-refractivity contribution in [2.75, 3.05) is 18.4 Å². The third-order valence-corrected chi connectivity index (χ3v) is 6.90. The van der Waals surface area contributed by atoms with Gasteiger partial charge in [0.15, 0.2) is 0 Å². The molecule has 0 bridgehead atoms. The second-order valence-corrected chi connectivity index (χ2v) is 8.79. The van der Waals surface area contributed by atoms with E-state index in [0.29, 0.717) is 5.69 Å². The van der Waals surface area contributed by atoms with Crippen molar-refractivity contribution in [2.24, 2.45) is 0 Å². The zero-order chi connectivity index (χ0) is 19.7. The molecule has 1 aromatic carbocycles. The first kappa shape index (κ1) is 19.1. The Kier molecular flexibility index (Phi) is 5.45. The topological polar surface area (TPSA) is 75.5 Å². The Morgan fingerprint density at radius 3 is 2.86 bits per heavy atom. The van der Waals surface area contributed by atoms with Crippen LogP contribution >= 0.6 is 34.3 Å². The van der Waals surface area contributed by atoms with Crippen molar-refractivity contribution in [3.05, 3.63) is 77.6 Å². The van der Waals surface area contributed by atoms with Crippen molar-refractivity contribution in [3.63, 3.8) is 0 Å². The van der Waals surface area contributed by atoms with Gasteiger partial charge in [0.2, 0.25) is 5.91 Å². The second-order valence-electron chi connectivity index (χ2n) is 6.41. The largest absolute Gasteiger partial charge is 0.324 e. The molecule has 28 heavy (non-hydrogen) atoms. The van der Waals surface area contributed by atoms with E-state index in [-0.39, 0.29) is 29.2 Å². The fourth-order valence-electron chi connectivity index (χ4n) is 3.41. The Balaban J connectivity index is 1.52. The molecular weight excluding hydrogens is 418 g/mol. The summed E-state index contributed by atoms with van der Waals surface area (Å²) in [6.07, 6.45) is 0.917. The molecule has 2 aromatic heterocycles. The number of carbonyl (C=O) groups is 1. The number of nitrogens with one attached hydrogen (secondary N) is 1. The molecule has 1 aliphatic heterocycles. The van der Waals surface area contributed by atoms with E-state index in [1.165, 1.54) is 33.5 Å². The summed E-state index contributed by atoms with van der Waals surface area (Å²) in [4.78, 5) is 27.7. The van der Waals surface area contributed by atoms with Crippen LogP contribution in [-0.2, 0) is 11.2 Å². The van der Waals surface area contributed by atoms with Crippen LogP contribution in [0.5, 0.6) is 0 Å². The zero-order valence-corrected chi connectivity index (χ0v) is 17.0. The average molecular weight is 434 g/mol. The lowest BCUT2D eigenvalue weighted by Crippen LogP contribution is -2.40. The van der Waals surface area contributed by atoms with E-state index < -0.39 is 4.92 Å². The summed E-state index contributed by atoms with van der Waals surface area (Å²) in [7, 11) is 0. The van der Waals surface area contributed by atoms with E-state index in [1.807, 2.05) is 11.4 Å². The van der Waals surface area contributed by atoms with Gasteiger partial charge in [-0.1, -0.05) is 17.7 Å². The predicted octanol–water partition coefficient (Wildman–Crippen LogP) is 4.96. The van der Waals surface area contributed by atoms with Crippen LogP contribution < -0.4 is 5.32 Å². The lowest BCUT2D eigenvalue weighted by molar-refractivity contribution is -0.384. The summed E-state index contributed by atoms with van der Waals surface area (Å²) in [5, 5.41) is 17.9. The molecule has 1 aliphatic rings. The molecule has 6 nitrogen and oxygen atoms in total. The Bertz CT molecular complexity index is 1020. The number of non-ortho nitro benzene ring substituents is 1. The molecular formula is C19H16ClN3O3S2. The SMILES string of the molecule is O=C(CN1CCc2sccc2C1c1cccs1)Nc1ccc([N+](=O)[O-])cc1Cl. The van der Waals surface area contributed by atoms with Crippen LogP contribution in [0, 0.1) is 10.1 Å². The van der Waals surface area contributed by atoms with E-state index in [2.05, 4.69) is 27.7 Å². The van der Waals surface area contributed by atoms with Gasteiger partial charge >= 0.3 is 0 Å². The van der Waals surface area contributed by atoms with Crippen LogP contribution in [0.25, 0.3) is 0 Å². The third-order valence-electron chi connectivity index (χ3n) is 4.66. The first-order chi connectivity index (χ1) is 13.5. The van der Waals surface area contributed by atoms with Crippen molar-refractivity contribution in [1.82, 2.24) is 4.90 Å². The van der Waals surface area contributed by atoms with Gasteiger partial charge in [-0.25, -0.2) is 0 Å². The summed E-state index contributed by atoms with van der Waals surface area (Å²) in [6, 6.07) is 10.4. The van der Waals surface area contributed by atoms with Crippen molar-refractivity contribution < 1.29 is 9.72 Å². The lowest BCUT2D eigenvalue weighted by Gasteiger charge is -2.34. The van der Waals surface area contributed by atoms with E-state index in [9.17, 15) is 14.9 Å². The molecule has 1 amide bonds. The molecule has 0 fully saturated rings. The molecule has 9 heteroatoms. The van der Waals surface area contributed by atoms with Gasteiger partial charge in [-0.3, -0.25) is 19.8 Å². The number of amides is 1. The first-order valence-corrected chi connectivity index (χ1v) is 10.7. The molecule has 4 rings (SSSR count). The molecule has 0 radical (unpaired) electrons. The quantitative estimate of drug-likeness (QED) is 0.456. The Labute approximate surface area is 174 Å². The molecule has 0 aliphatic carbocycles. The number of hydrogen-bond acceptors (Lipinski definition) is 6. The summed E-state index contributed by atoms with van der Waals surface area (Å²) >= 11 is 9.54. The minimum absolute atomic E-state index is 0.0630. The molecule has 3 aromatic rings. The molecule has 1 N–H and O–H groups in total. The van der Waals surface area contributed by atoms with Gasteiger partial charge < -0.3 is 5.32 Å². The van der Waals surface area contributed by atoms with Crippen LogP contribution in [0.3, 0.4) is 0 Å². The minimum Gasteiger partial charge on any atom is -0.324 e. The Hall–Kier alpha value is -2.26. The number of nitrogens with zero attached hydrogens (tertiary/aromatic N) is 2. The van der Waals surface area contributed by atoms with Gasteiger partial charge in [-0.2, -0.15) is 0 Å². The van der Waals surface area contributed by atoms with Crippen LogP contribution in [0.2, 0.25) is 5.02 Å². The highest BCUT2D eigenvalue weighted by atomic mass is 35.5. The van der Waals surface area contributed by atoms with Gasteiger partial charge in [0, 0.05) is 28.4 Å². The third kappa shape index (κ3) is 3.81. The monoisotopic (exact) mass is 433 g/mol. The second kappa shape index (κ2) is 8.00. The highest BCUT2D eigenvalue weighted by Gasteiger charge is 2.31. The molecule has 0 saturated heterocycles. The first-order valence-electron chi connectivity index (χ1n) is 8.60. The van der Waals surface area contributed by atoms with Crippen molar-refractivity contribution >= 4 is 51.6 Å². The molecule has 1 atom stereocenters. The number of fused-ring (bicyclic) bond motifs is 1. The number of anilines is 1. The minimum atomic E-state index is -0.519. The maximum absolute atomic E-state index is 12.7. The van der Waals surface area contributed by atoms with Crippen molar-refractivity contribution in [1.29, 1.82) is 0 Å². The highest BCUT2D eigenvalue weighted by molar-refractivity contribution is 7.10. The fourth-order valence-corrected chi connectivity index (χ4v) is 5.41. The summed E-state index contributed by atoms with van der Waals surface area (Å²) < 4.78 is 0. The average Bonchev–Trinajstić information content (AvgIpc) is 3.34. The van der Waals surface area contributed by atoms with Gasteiger partial charge in [0.05, 0.1) is 28.2 Å². The number of nitro benzene ring substituents is 1. The van der Waals surface area contributed by atoms with E-state index in [1.54, 1.807) is 22.7 Å². The molecule has 1 unspecified atom stereocenters. The molecule has 3 heterocycles. The predicted molar refractivity (Wildman–Crippen MR) is 112 cm³/mol. The van der Waals surface area contributed by atoms with Crippen LogP contribution in [-0.4, -0.2) is 28.8 Å². The van der Waals surface area contributed by atoms with E-state index >= 15 is 0 Å². The summed E-state index contributed by atoms with van der Waals surface area (Å²) in [5.74, 6) is -0.198. The number of nitro groups is 1. The number of rotatable bonds is 5. The van der Waals surface area contributed by atoms with Crippen LogP contribution in [0.15, 0.2) is 47.2 Å². The number of hydrogen-bond donors (Lipinski definition) is 1. The highest BCUT2D eigenvalue weighted by Crippen LogP contribution is 2.39. The Morgan fingerprint density at radius 1 is 1.29 bits per heavy atom. The number of carbonyl (C=O) groups excluding carboxylic acids is 1. The van der Waals surface area contributed by atoms with Gasteiger partial charge in [-0.15, -0.1) is 22.7 Å². The Morgan fingerprint density at radius 2 is 2.14 bits per heavy atom. The molecule has 144 valence electrons. The van der Waals surface area contributed by atoms with Crippen molar-refractivity contribution in [3.8, 4) is 0 Å². The zero-order valence-electron chi connectivity index (χ0n) is 14.6. The molecule has 0 spiro atoms. The number of thiophene rings is 2. The van der Waals surface area contributed by atoms with Crippen molar-refractivity contribution in [2.45, 2.75) is 12.5 Å². The van der Waals surface area contributed by atoms with E-state index in [0.717, 1.165) is 13.0 Å². The normalized spacial score (nSPS) is 16.5. The maximum Gasteiger partial charge on any atom is 0.271 e. The number of halogens is 1. The van der Waals surface area contributed by atoms with Gasteiger partial charge in [-0.05, 0) is 40.9 Å².